The molecule has 1 atom stereocenters. The van der Waals surface area contributed by atoms with Crippen molar-refractivity contribution in [2.75, 3.05) is 6.61 Å². The molecule has 1 aliphatic heterocycles. The number of hydroxylamine groups is 2. The highest BCUT2D eigenvalue weighted by Crippen LogP contribution is 2.46. The Morgan fingerprint density at radius 3 is 1.79 bits per heavy atom. The second-order valence-electron chi connectivity index (χ2n) is 9.80. The van der Waals surface area contributed by atoms with Gasteiger partial charge in [-0.1, -0.05) is 121 Å². The van der Waals surface area contributed by atoms with Crippen LogP contribution in [0.2, 0.25) is 0 Å². The predicted octanol–water partition coefficient (Wildman–Crippen LogP) is 5.55. The molecule has 1 heterocycles. The number of hydrogen-bond donors (Lipinski definition) is 2. The SMILES string of the molecule is NC1(Cc2c(O)ccc3ccccc23)CON(C(c2ccccc2)(c2ccccc2)c2ccccc2)C1=O. The van der Waals surface area contributed by atoms with Crippen LogP contribution in [-0.4, -0.2) is 28.2 Å². The average molecular weight is 501 g/mol. The van der Waals surface area contributed by atoms with Crippen molar-refractivity contribution in [2.45, 2.75) is 17.5 Å². The molecule has 0 aliphatic carbocycles. The van der Waals surface area contributed by atoms with Gasteiger partial charge in [-0.2, -0.15) is 5.06 Å². The van der Waals surface area contributed by atoms with Crippen LogP contribution in [0.5, 0.6) is 5.75 Å². The molecule has 1 unspecified atom stereocenters. The lowest BCUT2D eigenvalue weighted by Crippen LogP contribution is -2.56. The first-order valence-corrected chi connectivity index (χ1v) is 12.7. The van der Waals surface area contributed by atoms with Crippen molar-refractivity contribution in [1.29, 1.82) is 0 Å². The summed E-state index contributed by atoms with van der Waals surface area (Å²) in [7, 11) is 0. The molecule has 1 aliphatic rings. The highest BCUT2D eigenvalue weighted by atomic mass is 16.7. The summed E-state index contributed by atoms with van der Waals surface area (Å²) in [5, 5.41) is 14.1. The van der Waals surface area contributed by atoms with Crippen molar-refractivity contribution in [3.63, 3.8) is 0 Å². The van der Waals surface area contributed by atoms with Crippen molar-refractivity contribution in [3.8, 4) is 5.75 Å². The van der Waals surface area contributed by atoms with E-state index in [1.165, 1.54) is 5.06 Å². The summed E-state index contributed by atoms with van der Waals surface area (Å²) in [5.74, 6) is -0.235. The van der Waals surface area contributed by atoms with Crippen LogP contribution in [0.3, 0.4) is 0 Å². The summed E-state index contributed by atoms with van der Waals surface area (Å²) in [6.45, 7) is -0.0251. The Bertz CT molecular complexity index is 1490. The zero-order valence-corrected chi connectivity index (χ0v) is 20.8. The number of benzene rings is 5. The molecule has 5 aromatic rings. The fourth-order valence-corrected chi connectivity index (χ4v) is 5.59. The largest absolute Gasteiger partial charge is 0.508 e. The van der Waals surface area contributed by atoms with Gasteiger partial charge >= 0.3 is 0 Å². The van der Waals surface area contributed by atoms with Crippen LogP contribution in [0.4, 0.5) is 0 Å². The number of rotatable bonds is 6. The van der Waals surface area contributed by atoms with Crippen molar-refractivity contribution in [3.05, 3.63) is 150 Å². The molecule has 5 nitrogen and oxygen atoms in total. The molecule has 6 rings (SSSR count). The van der Waals surface area contributed by atoms with Gasteiger partial charge in [0.1, 0.15) is 23.4 Å². The molecular formula is C33H28N2O3. The fourth-order valence-electron chi connectivity index (χ4n) is 5.59. The van der Waals surface area contributed by atoms with Gasteiger partial charge in [0.05, 0.1) is 0 Å². The zero-order chi connectivity index (χ0) is 26.2. The Morgan fingerprint density at radius 2 is 1.24 bits per heavy atom. The third kappa shape index (κ3) is 3.76. The molecule has 5 heteroatoms. The number of nitrogens with two attached hydrogens (primary N) is 1. The average Bonchev–Trinajstić information content (AvgIpc) is 3.26. The normalized spacial score (nSPS) is 17.7. The second-order valence-corrected chi connectivity index (χ2v) is 9.80. The van der Waals surface area contributed by atoms with Crippen LogP contribution in [-0.2, 0) is 21.6 Å². The first kappa shape index (κ1) is 23.9. The van der Waals surface area contributed by atoms with Crippen LogP contribution < -0.4 is 5.73 Å². The Balaban J connectivity index is 1.52. The van der Waals surface area contributed by atoms with E-state index >= 15 is 0 Å². The molecule has 0 aromatic heterocycles. The molecule has 188 valence electrons. The van der Waals surface area contributed by atoms with Gasteiger partial charge in [0.25, 0.3) is 5.91 Å². The van der Waals surface area contributed by atoms with E-state index in [4.69, 9.17) is 10.6 Å². The van der Waals surface area contributed by atoms with Gasteiger partial charge in [0.15, 0.2) is 0 Å². The van der Waals surface area contributed by atoms with Crippen LogP contribution in [0.1, 0.15) is 22.3 Å². The Kier molecular flexibility index (Phi) is 5.95. The third-order valence-electron chi connectivity index (χ3n) is 7.45. The van der Waals surface area contributed by atoms with Crippen molar-refractivity contribution < 1.29 is 14.7 Å². The number of phenols is 1. The van der Waals surface area contributed by atoms with E-state index in [1.54, 1.807) is 6.07 Å². The number of carbonyl (C=O) groups is 1. The molecule has 3 N–H and O–H groups in total. The molecule has 5 aromatic carbocycles. The monoisotopic (exact) mass is 500 g/mol. The quantitative estimate of drug-likeness (QED) is 0.300. The van der Waals surface area contributed by atoms with Crippen molar-refractivity contribution in [1.82, 2.24) is 5.06 Å². The van der Waals surface area contributed by atoms with Gasteiger partial charge in [0.2, 0.25) is 0 Å². The topological polar surface area (TPSA) is 75.8 Å². The number of aromatic hydroxyl groups is 1. The van der Waals surface area contributed by atoms with Gasteiger partial charge in [-0.25, -0.2) is 0 Å². The summed E-state index contributed by atoms with van der Waals surface area (Å²) in [4.78, 5) is 20.8. The highest BCUT2D eigenvalue weighted by Gasteiger charge is 2.56. The number of carbonyl (C=O) groups excluding carboxylic acids is 1. The summed E-state index contributed by atoms with van der Waals surface area (Å²) in [5.41, 5.74) is 7.69. The van der Waals surface area contributed by atoms with Crippen LogP contribution in [0.25, 0.3) is 10.8 Å². The molecule has 0 saturated carbocycles. The maximum atomic E-state index is 14.4. The summed E-state index contributed by atoms with van der Waals surface area (Å²) >= 11 is 0. The molecule has 1 amide bonds. The highest BCUT2D eigenvalue weighted by molar-refractivity contribution is 5.92. The standard InChI is InChI=1S/C33H28N2O3/c34-32(22-29-28-19-11-10-12-24(28)20-21-30(29)36)23-38-35(31(32)37)33(25-13-4-1-5-14-25,26-15-6-2-7-16-26)27-17-8-3-9-18-27/h1-21,36H,22-23,34H2. The lowest BCUT2D eigenvalue weighted by atomic mass is 9.76. The van der Waals surface area contributed by atoms with Crippen LogP contribution >= 0.6 is 0 Å². The maximum Gasteiger partial charge on any atom is 0.270 e. The number of nitrogens with zero attached hydrogens (tertiary/aromatic N) is 1. The van der Waals surface area contributed by atoms with Crippen LogP contribution in [0, 0.1) is 0 Å². The third-order valence-corrected chi connectivity index (χ3v) is 7.45. The van der Waals surface area contributed by atoms with E-state index < -0.39 is 11.1 Å². The van der Waals surface area contributed by atoms with Gasteiger partial charge in [0, 0.05) is 12.0 Å². The zero-order valence-electron chi connectivity index (χ0n) is 20.8. The molecule has 1 saturated heterocycles. The number of fused-ring (bicyclic) bond motifs is 1. The number of amides is 1. The van der Waals surface area contributed by atoms with E-state index in [1.807, 2.05) is 121 Å². The summed E-state index contributed by atoms with van der Waals surface area (Å²) in [6, 6.07) is 40.9. The molecule has 0 radical (unpaired) electrons. The molecule has 38 heavy (non-hydrogen) atoms. The first-order valence-electron chi connectivity index (χ1n) is 12.7. The minimum absolute atomic E-state index is 0.0251. The van der Waals surface area contributed by atoms with E-state index in [2.05, 4.69) is 0 Å². The smallest absolute Gasteiger partial charge is 0.270 e. The second kappa shape index (κ2) is 9.45. The molecular weight excluding hydrogens is 472 g/mol. The summed E-state index contributed by atoms with van der Waals surface area (Å²) < 4.78 is 0. The molecule has 0 bridgehead atoms. The van der Waals surface area contributed by atoms with E-state index in [-0.39, 0.29) is 24.7 Å². The maximum absolute atomic E-state index is 14.4. The van der Waals surface area contributed by atoms with E-state index in [0.717, 1.165) is 27.5 Å². The Hall–Kier alpha value is -4.45. The minimum atomic E-state index is -1.38. The van der Waals surface area contributed by atoms with Gasteiger partial charge in [-0.3, -0.25) is 9.63 Å². The van der Waals surface area contributed by atoms with E-state index in [0.29, 0.717) is 5.56 Å². The lowest BCUT2D eigenvalue weighted by Gasteiger charge is -2.42. The number of hydrogen-bond acceptors (Lipinski definition) is 4. The van der Waals surface area contributed by atoms with Gasteiger partial charge in [-0.05, 0) is 33.5 Å². The van der Waals surface area contributed by atoms with Gasteiger partial charge < -0.3 is 10.8 Å². The summed E-state index contributed by atoms with van der Waals surface area (Å²) in [6.07, 6.45) is 0.129. The minimum Gasteiger partial charge on any atom is -0.508 e. The first-order chi connectivity index (χ1) is 18.5. The lowest BCUT2D eigenvalue weighted by molar-refractivity contribution is -0.184. The van der Waals surface area contributed by atoms with E-state index in [9.17, 15) is 9.90 Å². The fraction of sp³-hybridized carbons (Fsp3) is 0.121. The Morgan fingerprint density at radius 1 is 0.737 bits per heavy atom. The number of phenolic OH excluding ortho intramolecular Hbond substituents is 1. The van der Waals surface area contributed by atoms with Crippen LogP contribution in [0.15, 0.2) is 127 Å². The van der Waals surface area contributed by atoms with Gasteiger partial charge in [-0.15, -0.1) is 0 Å². The molecule has 1 fully saturated rings. The Labute approximate surface area is 221 Å². The molecule has 0 spiro atoms. The van der Waals surface area contributed by atoms with Crippen molar-refractivity contribution >= 4 is 16.7 Å². The predicted molar refractivity (Wildman–Crippen MR) is 148 cm³/mol. The van der Waals surface area contributed by atoms with Crippen molar-refractivity contribution in [2.24, 2.45) is 5.73 Å².